The second-order valence-electron chi connectivity index (χ2n) is 7.66. The van der Waals surface area contributed by atoms with Crippen molar-refractivity contribution in [3.05, 3.63) is 95.6 Å². The van der Waals surface area contributed by atoms with Gasteiger partial charge in [-0.3, -0.25) is 4.18 Å². The zero-order valence-electron chi connectivity index (χ0n) is 18.8. The molecular formula is C26H28O6S. The number of benzene rings is 3. The highest BCUT2D eigenvalue weighted by Gasteiger charge is 2.28. The third-order valence-electron chi connectivity index (χ3n) is 5.08. The zero-order valence-corrected chi connectivity index (χ0v) is 19.6. The van der Waals surface area contributed by atoms with Crippen LogP contribution in [0.1, 0.15) is 23.1 Å². The van der Waals surface area contributed by atoms with Crippen LogP contribution in [-0.2, 0) is 36.7 Å². The fourth-order valence-electron chi connectivity index (χ4n) is 3.25. The van der Waals surface area contributed by atoms with Crippen LogP contribution in [0.2, 0.25) is 0 Å². The van der Waals surface area contributed by atoms with E-state index in [2.05, 4.69) is 12.1 Å². The minimum atomic E-state index is -4.12. The van der Waals surface area contributed by atoms with Crippen molar-refractivity contribution in [1.82, 2.24) is 0 Å². The van der Waals surface area contributed by atoms with E-state index in [1.807, 2.05) is 25.1 Å². The zero-order chi connectivity index (χ0) is 23.7. The Kier molecular flexibility index (Phi) is 8.63. The Morgan fingerprint density at radius 3 is 2.18 bits per heavy atom. The summed E-state index contributed by atoms with van der Waals surface area (Å²) in [5, 5.41) is 0. The molecule has 6 nitrogen and oxygen atoms in total. The van der Waals surface area contributed by atoms with Crippen LogP contribution in [0, 0.1) is 6.92 Å². The standard InChI is InChI=1S/C26H28O6S/c1-20-10-16-24(17-11-20)33(28,29)32-25(26(27)30-2)19-22-12-14-23(15-13-22)31-18-6-9-21-7-4-3-5-8-21/h3-5,7-8,10-17,25H,6,9,18-19H2,1-2H3. The first-order valence-corrected chi connectivity index (χ1v) is 12.1. The molecule has 0 saturated heterocycles. The molecule has 3 aromatic rings. The van der Waals surface area contributed by atoms with Crippen molar-refractivity contribution in [1.29, 1.82) is 0 Å². The maximum atomic E-state index is 12.6. The van der Waals surface area contributed by atoms with Crippen LogP contribution in [0.25, 0.3) is 0 Å². The summed E-state index contributed by atoms with van der Waals surface area (Å²) in [4.78, 5) is 12.2. The second kappa shape index (κ2) is 11.6. The highest BCUT2D eigenvalue weighted by Crippen LogP contribution is 2.20. The lowest BCUT2D eigenvalue weighted by Crippen LogP contribution is -2.30. The normalized spacial score (nSPS) is 12.2. The van der Waals surface area contributed by atoms with E-state index >= 15 is 0 Å². The summed E-state index contributed by atoms with van der Waals surface area (Å²) in [6, 6.07) is 23.6. The van der Waals surface area contributed by atoms with Crippen LogP contribution in [0.3, 0.4) is 0 Å². The number of rotatable bonds is 11. The Balaban J connectivity index is 1.57. The number of carbonyl (C=O) groups is 1. The fourth-order valence-corrected chi connectivity index (χ4v) is 4.28. The molecule has 1 atom stereocenters. The minimum Gasteiger partial charge on any atom is -0.494 e. The largest absolute Gasteiger partial charge is 0.494 e. The predicted molar refractivity (Wildman–Crippen MR) is 126 cm³/mol. The average Bonchev–Trinajstić information content (AvgIpc) is 2.82. The van der Waals surface area contributed by atoms with Gasteiger partial charge in [0.15, 0.2) is 6.10 Å². The van der Waals surface area contributed by atoms with E-state index in [1.54, 1.807) is 36.4 Å². The Morgan fingerprint density at radius 2 is 1.55 bits per heavy atom. The number of hydrogen-bond acceptors (Lipinski definition) is 6. The topological polar surface area (TPSA) is 78.9 Å². The molecule has 0 aliphatic carbocycles. The monoisotopic (exact) mass is 468 g/mol. The molecule has 0 aromatic heterocycles. The van der Waals surface area contributed by atoms with E-state index in [0.29, 0.717) is 12.4 Å². The van der Waals surface area contributed by atoms with Crippen molar-refractivity contribution in [3.63, 3.8) is 0 Å². The Bertz CT molecular complexity index is 1120. The Hall–Kier alpha value is -3.16. The molecule has 0 amide bonds. The molecule has 0 bridgehead atoms. The Morgan fingerprint density at radius 1 is 0.879 bits per heavy atom. The van der Waals surface area contributed by atoms with Gasteiger partial charge in [-0.25, -0.2) is 4.79 Å². The number of aryl methyl sites for hydroxylation is 2. The average molecular weight is 469 g/mol. The maximum Gasteiger partial charge on any atom is 0.336 e. The quantitative estimate of drug-likeness (QED) is 0.234. The van der Waals surface area contributed by atoms with Crippen LogP contribution in [-0.4, -0.2) is 34.2 Å². The van der Waals surface area contributed by atoms with Gasteiger partial charge in [-0.05, 0) is 55.2 Å². The summed E-state index contributed by atoms with van der Waals surface area (Å²) < 4.78 is 41.0. The van der Waals surface area contributed by atoms with E-state index in [-0.39, 0.29) is 11.3 Å². The molecule has 0 spiro atoms. The number of esters is 1. The van der Waals surface area contributed by atoms with Crippen LogP contribution in [0.15, 0.2) is 83.8 Å². The maximum absolute atomic E-state index is 12.6. The van der Waals surface area contributed by atoms with Gasteiger partial charge in [0.05, 0.1) is 18.6 Å². The molecule has 0 radical (unpaired) electrons. The number of ether oxygens (including phenoxy) is 2. The summed E-state index contributed by atoms with van der Waals surface area (Å²) in [5.74, 6) is -0.0541. The molecule has 0 N–H and O–H groups in total. The molecular weight excluding hydrogens is 440 g/mol. The molecule has 0 aliphatic heterocycles. The summed E-state index contributed by atoms with van der Waals surface area (Å²) in [6.07, 6.45) is 0.582. The van der Waals surface area contributed by atoms with Gasteiger partial charge in [0.1, 0.15) is 5.75 Å². The van der Waals surface area contributed by atoms with Crippen molar-refractivity contribution >= 4 is 16.1 Å². The van der Waals surface area contributed by atoms with Crippen molar-refractivity contribution in [2.45, 2.75) is 37.2 Å². The van der Waals surface area contributed by atoms with E-state index < -0.39 is 22.2 Å². The van der Waals surface area contributed by atoms with E-state index in [0.717, 1.165) is 24.0 Å². The van der Waals surface area contributed by atoms with Gasteiger partial charge in [-0.1, -0.05) is 60.2 Å². The first kappa shape index (κ1) is 24.5. The first-order valence-electron chi connectivity index (χ1n) is 10.7. The smallest absolute Gasteiger partial charge is 0.336 e. The second-order valence-corrected chi connectivity index (χ2v) is 9.23. The summed E-state index contributed by atoms with van der Waals surface area (Å²) in [5.41, 5.74) is 2.91. The number of methoxy groups -OCH3 is 1. The lowest BCUT2D eigenvalue weighted by atomic mass is 10.1. The van der Waals surface area contributed by atoms with Crippen LogP contribution in [0.4, 0.5) is 0 Å². The van der Waals surface area contributed by atoms with Gasteiger partial charge >= 0.3 is 5.97 Å². The minimum absolute atomic E-state index is 0.0127. The molecule has 3 rings (SSSR count). The van der Waals surface area contributed by atoms with Crippen LogP contribution < -0.4 is 4.74 Å². The van der Waals surface area contributed by atoms with Gasteiger partial charge in [-0.2, -0.15) is 8.42 Å². The number of carbonyl (C=O) groups excluding carboxylic acids is 1. The molecule has 3 aromatic carbocycles. The van der Waals surface area contributed by atoms with Crippen molar-refractivity contribution in [2.24, 2.45) is 0 Å². The highest BCUT2D eigenvalue weighted by molar-refractivity contribution is 7.86. The molecule has 0 aliphatic rings. The lowest BCUT2D eigenvalue weighted by Gasteiger charge is -2.16. The molecule has 0 heterocycles. The van der Waals surface area contributed by atoms with Crippen LogP contribution >= 0.6 is 0 Å². The molecule has 1 unspecified atom stereocenters. The molecule has 174 valence electrons. The summed E-state index contributed by atoms with van der Waals surface area (Å²) in [6.45, 7) is 2.43. The van der Waals surface area contributed by atoms with Crippen LogP contribution in [0.5, 0.6) is 5.75 Å². The van der Waals surface area contributed by atoms with E-state index in [9.17, 15) is 13.2 Å². The van der Waals surface area contributed by atoms with Gasteiger partial charge in [0.25, 0.3) is 10.1 Å². The van der Waals surface area contributed by atoms with E-state index in [4.69, 9.17) is 13.7 Å². The van der Waals surface area contributed by atoms with Crippen molar-refractivity contribution in [2.75, 3.05) is 13.7 Å². The Labute approximate surface area is 195 Å². The highest BCUT2D eigenvalue weighted by atomic mass is 32.2. The molecule has 33 heavy (non-hydrogen) atoms. The van der Waals surface area contributed by atoms with Gasteiger partial charge in [0.2, 0.25) is 0 Å². The third kappa shape index (κ3) is 7.44. The lowest BCUT2D eigenvalue weighted by molar-refractivity contribution is -0.148. The number of hydrogen-bond donors (Lipinski definition) is 0. The summed E-state index contributed by atoms with van der Waals surface area (Å²) >= 11 is 0. The van der Waals surface area contributed by atoms with Gasteiger partial charge in [0, 0.05) is 6.42 Å². The summed E-state index contributed by atoms with van der Waals surface area (Å²) in [7, 11) is -2.93. The fraction of sp³-hybridized carbons (Fsp3) is 0.269. The van der Waals surface area contributed by atoms with Gasteiger partial charge < -0.3 is 9.47 Å². The third-order valence-corrected chi connectivity index (χ3v) is 6.42. The molecule has 0 saturated carbocycles. The van der Waals surface area contributed by atoms with Crippen molar-refractivity contribution < 1.29 is 26.9 Å². The molecule has 0 fully saturated rings. The molecule has 7 heteroatoms. The van der Waals surface area contributed by atoms with E-state index in [1.165, 1.54) is 24.8 Å². The first-order chi connectivity index (χ1) is 15.9. The van der Waals surface area contributed by atoms with Crippen molar-refractivity contribution in [3.8, 4) is 5.75 Å². The predicted octanol–water partition coefficient (Wildman–Crippen LogP) is 4.50. The van der Waals surface area contributed by atoms with Gasteiger partial charge in [-0.15, -0.1) is 0 Å². The SMILES string of the molecule is COC(=O)C(Cc1ccc(OCCCc2ccccc2)cc1)OS(=O)(=O)c1ccc(C)cc1.